The first-order valence-electron chi connectivity index (χ1n) is 5.90. The van der Waals surface area contributed by atoms with Gasteiger partial charge < -0.3 is 4.74 Å². The lowest BCUT2D eigenvalue weighted by molar-refractivity contribution is 0.102. The molecule has 0 aliphatic heterocycles. The van der Waals surface area contributed by atoms with E-state index in [1.54, 1.807) is 7.11 Å². The maximum Gasteiger partial charge on any atom is 0.175 e. The summed E-state index contributed by atoms with van der Waals surface area (Å²) in [7, 11) is 0.416. The zero-order valence-corrected chi connectivity index (χ0v) is 12.2. The lowest BCUT2D eigenvalue weighted by Gasteiger charge is -2.10. The second kappa shape index (κ2) is 6.81. The van der Waals surface area contributed by atoms with Crippen molar-refractivity contribution in [3.8, 4) is 0 Å². The minimum atomic E-state index is -1.15. The molecule has 1 aromatic carbocycles. The van der Waals surface area contributed by atoms with E-state index >= 15 is 0 Å². The minimum absolute atomic E-state index is 0.0422. The summed E-state index contributed by atoms with van der Waals surface area (Å²) >= 11 is 0. The van der Waals surface area contributed by atoms with Crippen molar-refractivity contribution in [2.75, 3.05) is 25.2 Å². The summed E-state index contributed by atoms with van der Waals surface area (Å²) in [6.07, 6.45) is 0. The lowest BCUT2D eigenvalue weighted by atomic mass is 9.97. The number of Topliss-reactive ketones (excluding diaryl/α,β-unsaturated/α-hetero) is 1. The molecule has 0 radical (unpaired) electrons. The van der Waals surface area contributed by atoms with Crippen molar-refractivity contribution in [2.45, 2.75) is 20.8 Å². The Kier molecular flexibility index (Phi) is 5.69. The van der Waals surface area contributed by atoms with Crippen molar-refractivity contribution in [3.63, 3.8) is 0 Å². The first kappa shape index (κ1) is 15.1. The van der Waals surface area contributed by atoms with Gasteiger partial charge in [-0.25, -0.2) is 0 Å². The van der Waals surface area contributed by atoms with E-state index in [-0.39, 0.29) is 11.5 Å². The molecule has 3 nitrogen and oxygen atoms in total. The molecule has 0 amide bonds. The first-order valence-corrected chi connectivity index (χ1v) is 7.39. The second-order valence-electron chi connectivity index (χ2n) is 4.48. The molecule has 0 fully saturated rings. The predicted molar refractivity (Wildman–Crippen MR) is 74.7 cm³/mol. The van der Waals surface area contributed by atoms with Gasteiger partial charge in [-0.3, -0.25) is 9.00 Å². The van der Waals surface area contributed by atoms with Crippen LogP contribution in [0, 0.1) is 20.8 Å². The van der Waals surface area contributed by atoms with E-state index in [1.807, 2.05) is 32.9 Å². The van der Waals surface area contributed by atoms with E-state index in [9.17, 15) is 9.00 Å². The third kappa shape index (κ3) is 4.03. The Bertz CT molecular complexity index is 443. The molecule has 1 aromatic rings. The van der Waals surface area contributed by atoms with Crippen LogP contribution in [0.1, 0.15) is 27.0 Å². The van der Waals surface area contributed by atoms with Gasteiger partial charge in [-0.15, -0.1) is 0 Å². The second-order valence-corrected chi connectivity index (χ2v) is 6.05. The number of aryl methyl sites for hydroxylation is 3. The van der Waals surface area contributed by atoms with Crippen LogP contribution in [-0.4, -0.2) is 35.2 Å². The Morgan fingerprint density at radius 3 is 2.28 bits per heavy atom. The molecule has 18 heavy (non-hydrogen) atoms. The van der Waals surface area contributed by atoms with Gasteiger partial charge >= 0.3 is 0 Å². The van der Waals surface area contributed by atoms with E-state index in [0.717, 1.165) is 16.7 Å². The first-order chi connectivity index (χ1) is 8.45. The van der Waals surface area contributed by atoms with Crippen molar-refractivity contribution >= 4 is 16.6 Å². The van der Waals surface area contributed by atoms with E-state index in [2.05, 4.69) is 0 Å². The van der Waals surface area contributed by atoms with Gasteiger partial charge in [0, 0.05) is 29.2 Å². The van der Waals surface area contributed by atoms with Gasteiger partial charge in [0.1, 0.15) is 0 Å². The Balaban J connectivity index is 2.82. The van der Waals surface area contributed by atoms with Gasteiger partial charge in [-0.1, -0.05) is 17.7 Å². The summed E-state index contributed by atoms with van der Waals surface area (Å²) in [6, 6.07) is 3.97. The van der Waals surface area contributed by atoms with Crippen molar-refractivity contribution in [3.05, 3.63) is 34.4 Å². The van der Waals surface area contributed by atoms with Gasteiger partial charge in [-0.2, -0.15) is 0 Å². The molecular weight excluding hydrogens is 248 g/mol. The van der Waals surface area contributed by atoms with Crippen molar-refractivity contribution in [1.29, 1.82) is 0 Å². The number of methoxy groups -OCH3 is 1. The summed E-state index contributed by atoms with van der Waals surface area (Å²) < 4.78 is 16.5. The van der Waals surface area contributed by atoms with Crippen LogP contribution in [0.15, 0.2) is 12.1 Å². The van der Waals surface area contributed by atoms with Crippen molar-refractivity contribution in [1.82, 2.24) is 0 Å². The van der Waals surface area contributed by atoms with E-state index in [4.69, 9.17) is 4.74 Å². The molecule has 0 heterocycles. The quantitative estimate of drug-likeness (QED) is 0.743. The lowest BCUT2D eigenvalue weighted by Crippen LogP contribution is -2.17. The molecule has 4 heteroatoms. The molecule has 0 saturated heterocycles. The monoisotopic (exact) mass is 268 g/mol. The van der Waals surface area contributed by atoms with E-state index in [1.165, 1.54) is 0 Å². The highest BCUT2D eigenvalue weighted by Crippen LogP contribution is 2.17. The molecule has 0 bridgehead atoms. The van der Waals surface area contributed by atoms with Gasteiger partial charge in [0.15, 0.2) is 5.78 Å². The number of hydrogen-bond donors (Lipinski definition) is 0. The van der Waals surface area contributed by atoms with Crippen LogP contribution in [-0.2, 0) is 15.5 Å². The topological polar surface area (TPSA) is 43.4 Å². The summed E-state index contributed by atoms with van der Waals surface area (Å²) in [5.41, 5.74) is 3.77. The zero-order chi connectivity index (χ0) is 13.7. The van der Waals surface area contributed by atoms with Crippen molar-refractivity contribution in [2.24, 2.45) is 0 Å². The summed E-state index contributed by atoms with van der Waals surface area (Å²) in [5, 5.41) is 0. The number of carbonyl (C=O) groups excluding carboxylic acids is 1. The SMILES string of the molecule is COCCS(=O)CC(=O)c1c(C)cc(C)cc1C. The highest BCUT2D eigenvalue weighted by atomic mass is 32.2. The van der Waals surface area contributed by atoms with Crippen LogP contribution in [0.2, 0.25) is 0 Å². The molecule has 0 aliphatic rings. The Hall–Kier alpha value is -1.00. The highest BCUT2D eigenvalue weighted by Gasteiger charge is 2.15. The standard InChI is InChI=1S/C14H20O3S/c1-10-7-11(2)14(12(3)8-10)13(15)9-18(16)6-5-17-4/h7-8H,5-6,9H2,1-4H3. The average Bonchev–Trinajstić information content (AvgIpc) is 2.24. The predicted octanol–water partition coefficient (Wildman–Crippen LogP) is 2.19. The molecule has 0 spiro atoms. The van der Waals surface area contributed by atoms with Gasteiger partial charge in [-0.05, 0) is 31.9 Å². The number of hydrogen-bond acceptors (Lipinski definition) is 3. The van der Waals surface area contributed by atoms with Crippen LogP contribution in [0.25, 0.3) is 0 Å². The smallest absolute Gasteiger partial charge is 0.175 e. The third-order valence-electron chi connectivity index (χ3n) is 2.76. The van der Waals surface area contributed by atoms with Crippen LogP contribution in [0.4, 0.5) is 0 Å². The van der Waals surface area contributed by atoms with Crippen molar-refractivity contribution < 1.29 is 13.7 Å². The average molecular weight is 268 g/mol. The molecule has 0 aliphatic carbocycles. The Morgan fingerprint density at radius 2 is 1.78 bits per heavy atom. The normalized spacial score (nSPS) is 12.4. The molecule has 100 valence electrons. The van der Waals surface area contributed by atoms with Crippen LogP contribution < -0.4 is 0 Å². The fourth-order valence-electron chi connectivity index (χ4n) is 2.09. The summed E-state index contributed by atoms with van der Waals surface area (Å²) in [4.78, 5) is 12.1. The zero-order valence-electron chi connectivity index (χ0n) is 11.4. The Morgan fingerprint density at radius 1 is 1.22 bits per heavy atom. The molecule has 1 unspecified atom stereocenters. The number of ether oxygens (including phenoxy) is 1. The van der Waals surface area contributed by atoms with Gasteiger partial charge in [0.2, 0.25) is 0 Å². The fourth-order valence-corrected chi connectivity index (χ4v) is 3.02. The number of ketones is 1. The van der Waals surface area contributed by atoms with E-state index in [0.29, 0.717) is 17.9 Å². The summed E-state index contributed by atoms with van der Waals surface area (Å²) in [5.74, 6) is 0.444. The van der Waals surface area contributed by atoms with Crippen LogP contribution in [0.5, 0.6) is 0 Å². The maximum atomic E-state index is 12.1. The molecule has 0 N–H and O–H groups in total. The molecule has 1 atom stereocenters. The number of rotatable bonds is 6. The minimum Gasteiger partial charge on any atom is -0.384 e. The highest BCUT2D eigenvalue weighted by molar-refractivity contribution is 7.85. The third-order valence-corrected chi connectivity index (χ3v) is 3.97. The summed E-state index contributed by atoms with van der Waals surface area (Å²) in [6.45, 7) is 6.27. The molecule has 0 aromatic heterocycles. The van der Waals surface area contributed by atoms with Crippen LogP contribution >= 0.6 is 0 Å². The maximum absolute atomic E-state index is 12.1. The Labute approximate surface area is 111 Å². The van der Waals surface area contributed by atoms with E-state index < -0.39 is 10.8 Å². The number of carbonyl (C=O) groups is 1. The van der Waals surface area contributed by atoms with Crippen LogP contribution in [0.3, 0.4) is 0 Å². The largest absolute Gasteiger partial charge is 0.384 e. The van der Waals surface area contributed by atoms with Gasteiger partial charge in [0.05, 0.1) is 12.4 Å². The molecule has 1 rings (SSSR count). The fraction of sp³-hybridized carbons (Fsp3) is 0.500. The molecular formula is C14H20O3S. The number of benzene rings is 1. The molecule has 0 saturated carbocycles. The van der Waals surface area contributed by atoms with Gasteiger partial charge in [0.25, 0.3) is 0 Å².